The van der Waals surface area contributed by atoms with Gasteiger partial charge in [-0.05, 0) is 30.3 Å². The summed E-state index contributed by atoms with van der Waals surface area (Å²) in [6.07, 6.45) is 0. The monoisotopic (exact) mass is 355 g/mol. The third-order valence-electron chi connectivity index (χ3n) is 3.56. The van der Waals surface area contributed by atoms with Crippen molar-refractivity contribution in [1.29, 1.82) is 5.26 Å². The Hall–Kier alpha value is -2.74. The molecule has 0 bridgehead atoms. The van der Waals surface area contributed by atoms with E-state index in [0.29, 0.717) is 32.4 Å². The second-order valence-electron chi connectivity index (χ2n) is 5.07. The van der Waals surface area contributed by atoms with Crippen molar-refractivity contribution in [3.8, 4) is 34.2 Å². The molecule has 0 aliphatic carbocycles. The van der Waals surface area contributed by atoms with Crippen molar-refractivity contribution in [2.45, 2.75) is 0 Å². The Labute approximate surface area is 148 Å². The van der Waals surface area contributed by atoms with Crippen LogP contribution in [0.5, 0.6) is 5.75 Å². The van der Waals surface area contributed by atoms with Gasteiger partial charge in [-0.25, -0.2) is 4.98 Å². The van der Waals surface area contributed by atoms with E-state index >= 15 is 0 Å². The van der Waals surface area contributed by atoms with Crippen LogP contribution in [0, 0.1) is 11.3 Å². The number of anilines is 1. The lowest BCUT2D eigenvalue weighted by Gasteiger charge is -2.12. The highest BCUT2D eigenvalue weighted by Crippen LogP contribution is 2.37. The number of aromatic nitrogens is 1. The van der Waals surface area contributed by atoms with Crippen molar-refractivity contribution in [1.82, 2.24) is 4.98 Å². The van der Waals surface area contributed by atoms with Gasteiger partial charge >= 0.3 is 0 Å². The van der Waals surface area contributed by atoms with Gasteiger partial charge in [0.2, 0.25) is 0 Å². The van der Waals surface area contributed by atoms with E-state index in [0.717, 1.165) is 0 Å². The molecule has 3 N–H and O–H groups in total. The fraction of sp³-hybridized carbons (Fsp3) is 0. The number of phenols is 1. The fourth-order valence-electron chi connectivity index (χ4n) is 2.43. The molecular weight excluding hydrogens is 345 g/mol. The number of benzene rings is 2. The minimum absolute atomic E-state index is 0.0688. The molecule has 0 spiro atoms. The zero-order valence-corrected chi connectivity index (χ0v) is 13.8. The van der Waals surface area contributed by atoms with Crippen LogP contribution in [-0.4, -0.2) is 10.1 Å². The summed E-state index contributed by atoms with van der Waals surface area (Å²) in [6.45, 7) is 0. The molecule has 6 heteroatoms. The lowest BCUT2D eigenvalue weighted by atomic mass is 9.98. The third-order valence-corrected chi connectivity index (χ3v) is 4.11. The Morgan fingerprint density at radius 3 is 2.42 bits per heavy atom. The summed E-state index contributed by atoms with van der Waals surface area (Å²) in [7, 11) is 0. The highest BCUT2D eigenvalue weighted by molar-refractivity contribution is 6.36. The van der Waals surface area contributed by atoms with Crippen LogP contribution in [0.15, 0.2) is 48.5 Å². The maximum atomic E-state index is 10.0. The molecule has 0 radical (unpaired) electrons. The molecule has 118 valence electrons. The number of para-hydroxylation sites is 1. The number of hydrogen-bond donors (Lipinski definition) is 2. The molecule has 0 saturated carbocycles. The molecule has 0 atom stereocenters. The Morgan fingerprint density at radius 2 is 1.75 bits per heavy atom. The minimum atomic E-state index is 0.0688. The van der Waals surface area contributed by atoms with Crippen LogP contribution in [0.1, 0.15) is 5.56 Å². The van der Waals surface area contributed by atoms with Gasteiger partial charge in [0.15, 0.2) is 0 Å². The molecule has 0 fully saturated rings. The Bertz CT molecular complexity index is 980. The first-order chi connectivity index (χ1) is 11.5. The van der Waals surface area contributed by atoms with Crippen LogP contribution < -0.4 is 5.73 Å². The first-order valence-electron chi connectivity index (χ1n) is 6.95. The molecule has 3 rings (SSSR count). The van der Waals surface area contributed by atoms with E-state index < -0.39 is 0 Å². The maximum absolute atomic E-state index is 10.0. The predicted octanol–water partition coefficient (Wildman–Crippen LogP) is 4.88. The summed E-state index contributed by atoms with van der Waals surface area (Å²) >= 11 is 12.2. The zero-order valence-electron chi connectivity index (χ0n) is 12.3. The lowest BCUT2D eigenvalue weighted by Crippen LogP contribution is -2.00. The number of pyridine rings is 1. The third kappa shape index (κ3) is 2.88. The van der Waals surface area contributed by atoms with Crippen LogP contribution in [0.3, 0.4) is 0 Å². The first-order valence-corrected chi connectivity index (χ1v) is 7.71. The Balaban J connectivity index is 2.29. The number of hydrogen-bond acceptors (Lipinski definition) is 4. The Morgan fingerprint density at radius 1 is 1.00 bits per heavy atom. The number of nitrogens with two attached hydrogens (primary N) is 1. The molecule has 1 aromatic heterocycles. The molecule has 0 amide bonds. The molecular formula is C18H11Cl2N3O. The summed E-state index contributed by atoms with van der Waals surface area (Å²) in [5.41, 5.74) is 8.28. The topological polar surface area (TPSA) is 82.9 Å². The predicted molar refractivity (Wildman–Crippen MR) is 95.9 cm³/mol. The van der Waals surface area contributed by atoms with Crippen LogP contribution in [0.4, 0.5) is 5.82 Å². The van der Waals surface area contributed by atoms with Crippen molar-refractivity contribution in [2.75, 3.05) is 5.73 Å². The second-order valence-corrected chi connectivity index (χ2v) is 5.91. The minimum Gasteiger partial charge on any atom is -0.507 e. The largest absolute Gasteiger partial charge is 0.507 e. The van der Waals surface area contributed by atoms with Gasteiger partial charge < -0.3 is 10.8 Å². The summed E-state index contributed by atoms with van der Waals surface area (Å²) in [4.78, 5) is 4.23. The summed E-state index contributed by atoms with van der Waals surface area (Å²) in [5, 5.41) is 20.4. The normalized spacial score (nSPS) is 10.4. The average Bonchev–Trinajstić information content (AvgIpc) is 2.54. The smallest absolute Gasteiger partial charge is 0.142 e. The molecule has 24 heavy (non-hydrogen) atoms. The number of phenolic OH excluding ortho intramolecular Hbond substituents is 1. The van der Waals surface area contributed by atoms with Gasteiger partial charge in [-0.3, -0.25) is 0 Å². The molecule has 3 aromatic rings. The molecule has 0 aliphatic heterocycles. The number of rotatable bonds is 2. The highest BCUT2D eigenvalue weighted by Gasteiger charge is 2.17. The SMILES string of the molecule is N#Cc1c(-c2ccc(Cl)cc2Cl)cc(-c2ccccc2O)nc1N. The molecule has 1 heterocycles. The molecule has 4 nitrogen and oxygen atoms in total. The van der Waals surface area contributed by atoms with Gasteiger partial charge in [0.25, 0.3) is 0 Å². The number of aromatic hydroxyl groups is 1. The first kappa shape index (κ1) is 16.1. The van der Waals surface area contributed by atoms with Crippen LogP contribution in [0.25, 0.3) is 22.4 Å². The highest BCUT2D eigenvalue weighted by atomic mass is 35.5. The van der Waals surface area contributed by atoms with Crippen molar-refractivity contribution in [3.63, 3.8) is 0 Å². The van der Waals surface area contributed by atoms with E-state index in [1.807, 2.05) is 0 Å². The molecule has 0 unspecified atom stereocenters. The van der Waals surface area contributed by atoms with E-state index in [1.165, 1.54) is 0 Å². The quantitative estimate of drug-likeness (QED) is 0.685. The van der Waals surface area contributed by atoms with Crippen molar-refractivity contribution in [2.24, 2.45) is 0 Å². The van der Waals surface area contributed by atoms with Gasteiger partial charge in [-0.2, -0.15) is 5.26 Å². The van der Waals surface area contributed by atoms with Gasteiger partial charge in [0, 0.05) is 26.7 Å². The second kappa shape index (κ2) is 6.40. The summed E-state index contributed by atoms with van der Waals surface area (Å²) in [6, 6.07) is 15.5. The van der Waals surface area contributed by atoms with E-state index in [9.17, 15) is 10.4 Å². The number of nitrogens with zero attached hydrogens (tertiary/aromatic N) is 2. The van der Waals surface area contributed by atoms with Gasteiger partial charge in [-0.15, -0.1) is 0 Å². The number of nitriles is 1. The maximum Gasteiger partial charge on any atom is 0.142 e. The average molecular weight is 356 g/mol. The van der Waals surface area contributed by atoms with Crippen LogP contribution in [-0.2, 0) is 0 Å². The van der Waals surface area contributed by atoms with Crippen molar-refractivity contribution < 1.29 is 5.11 Å². The fourth-order valence-corrected chi connectivity index (χ4v) is 2.94. The van der Waals surface area contributed by atoms with Gasteiger partial charge in [0.05, 0.1) is 5.69 Å². The van der Waals surface area contributed by atoms with Gasteiger partial charge in [-0.1, -0.05) is 41.4 Å². The number of halogens is 2. The Kier molecular flexibility index (Phi) is 4.30. The molecule has 2 aromatic carbocycles. The molecule has 0 saturated heterocycles. The van der Waals surface area contributed by atoms with E-state index in [1.54, 1.807) is 48.5 Å². The molecule has 0 aliphatic rings. The van der Waals surface area contributed by atoms with Crippen LogP contribution in [0.2, 0.25) is 10.0 Å². The lowest BCUT2D eigenvalue weighted by molar-refractivity contribution is 0.477. The standard InChI is InChI=1S/C18H11Cl2N3O/c19-10-5-6-11(15(20)7-10)13-8-16(23-18(22)14(13)9-21)12-3-1-2-4-17(12)24/h1-8,24H,(H2,22,23). The van der Waals surface area contributed by atoms with Crippen molar-refractivity contribution in [3.05, 3.63) is 64.1 Å². The van der Waals surface area contributed by atoms with Crippen LogP contribution >= 0.6 is 23.2 Å². The number of nitrogen functional groups attached to an aromatic ring is 1. The van der Waals surface area contributed by atoms with E-state index in [2.05, 4.69) is 11.1 Å². The van der Waals surface area contributed by atoms with E-state index in [4.69, 9.17) is 28.9 Å². The van der Waals surface area contributed by atoms with E-state index in [-0.39, 0.29) is 17.1 Å². The van der Waals surface area contributed by atoms with Gasteiger partial charge in [0.1, 0.15) is 23.2 Å². The van der Waals surface area contributed by atoms with Crippen molar-refractivity contribution >= 4 is 29.0 Å². The zero-order chi connectivity index (χ0) is 17.3. The summed E-state index contributed by atoms with van der Waals surface area (Å²) in [5.74, 6) is 0.140. The summed E-state index contributed by atoms with van der Waals surface area (Å²) < 4.78 is 0.